The van der Waals surface area contributed by atoms with E-state index in [0.29, 0.717) is 18.1 Å². The van der Waals surface area contributed by atoms with E-state index in [9.17, 15) is 9.90 Å². The van der Waals surface area contributed by atoms with Crippen LogP contribution in [0.2, 0.25) is 5.02 Å². The lowest BCUT2D eigenvalue weighted by Crippen LogP contribution is -2.28. The monoisotopic (exact) mass is 305 g/mol. The van der Waals surface area contributed by atoms with Gasteiger partial charge in [0, 0.05) is 35.8 Å². The van der Waals surface area contributed by atoms with Crippen LogP contribution in [0.1, 0.15) is 27.3 Å². The normalized spacial score (nSPS) is 15.0. The number of carboxylic acid groups (broad SMARTS) is 1. The number of benzene rings is 1. The minimum absolute atomic E-state index is 0.165. The Balaban J connectivity index is 1.99. The molecular weight excluding hydrogens is 290 g/mol. The number of hydrogen-bond acceptors (Lipinski definition) is 3. The van der Waals surface area contributed by atoms with Crippen LogP contribution in [0.15, 0.2) is 24.3 Å². The van der Waals surface area contributed by atoms with Crippen LogP contribution in [0.4, 0.5) is 0 Å². The molecule has 1 aromatic carbocycles. The fraction of sp³-hybridized carbons (Fsp3) is 0.333. The highest BCUT2D eigenvalue weighted by Gasteiger charge is 2.26. The molecular formula is C15H16ClN3O2. The summed E-state index contributed by atoms with van der Waals surface area (Å²) in [5.41, 5.74) is 3.03. The fourth-order valence-corrected chi connectivity index (χ4v) is 2.95. The zero-order chi connectivity index (χ0) is 15.0. The largest absolute Gasteiger partial charge is 0.476 e. The van der Waals surface area contributed by atoms with Gasteiger partial charge in [-0.2, -0.15) is 5.10 Å². The van der Waals surface area contributed by atoms with Gasteiger partial charge >= 0.3 is 5.97 Å². The lowest BCUT2D eigenvalue weighted by atomic mass is 10.1. The topological polar surface area (TPSA) is 58.4 Å². The third-order valence-electron chi connectivity index (χ3n) is 3.75. The predicted octanol–water partition coefficient (Wildman–Crippen LogP) is 2.27. The number of aromatic carboxylic acids is 1. The van der Waals surface area contributed by atoms with Gasteiger partial charge in [0.15, 0.2) is 5.69 Å². The molecule has 5 nitrogen and oxygen atoms in total. The number of fused-ring (bicyclic) bond motifs is 1. The van der Waals surface area contributed by atoms with Crippen LogP contribution < -0.4 is 0 Å². The molecule has 0 aliphatic carbocycles. The van der Waals surface area contributed by atoms with Crippen LogP contribution >= 0.6 is 11.6 Å². The quantitative estimate of drug-likeness (QED) is 0.945. The Morgan fingerprint density at radius 3 is 3.00 bits per heavy atom. The number of likely N-dealkylation sites (N-methyl/N-ethyl adjacent to an activating group) is 1. The van der Waals surface area contributed by atoms with Crippen molar-refractivity contribution in [3.8, 4) is 0 Å². The summed E-state index contributed by atoms with van der Waals surface area (Å²) in [6.07, 6.45) is 0.812. The third-order valence-corrected chi connectivity index (χ3v) is 3.98. The summed E-state index contributed by atoms with van der Waals surface area (Å²) in [6.45, 7) is 2.08. The Morgan fingerprint density at radius 1 is 1.48 bits per heavy atom. The zero-order valence-electron chi connectivity index (χ0n) is 11.7. The lowest BCUT2D eigenvalue weighted by Gasteiger charge is -2.23. The summed E-state index contributed by atoms with van der Waals surface area (Å²) in [7, 11) is 1.99. The second kappa shape index (κ2) is 5.50. The molecule has 21 heavy (non-hydrogen) atoms. The van der Waals surface area contributed by atoms with Gasteiger partial charge in [0.25, 0.3) is 0 Å². The van der Waals surface area contributed by atoms with E-state index in [1.54, 1.807) is 4.68 Å². The van der Waals surface area contributed by atoms with Crippen LogP contribution in [0.3, 0.4) is 0 Å². The van der Waals surface area contributed by atoms with Crippen molar-refractivity contribution in [1.29, 1.82) is 0 Å². The molecule has 0 bridgehead atoms. The van der Waals surface area contributed by atoms with Crippen molar-refractivity contribution < 1.29 is 9.90 Å². The Bertz CT molecular complexity index is 696. The molecule has 1 aliphatic rings. The highest BCUT2D eigenvalue weighted by molar-refractivity contribution is 6.30. The molecule has 2 heterocycles. The summed E-state index contributed by atoms with van der Waals surface area (Å²) < 4.78 is 1.80. The average molecular weight is 306 g/mol. The summed E-state index contributed by atoms with van der Waals surface area (Å²) in [5, 5.41) is 14.3. The summed E-state index contributed by atoms with van der Waals surface area (Å²) >= 11 is 6.00. The molecule has 1 aliphatic heterocycles. The molecule has 6 heteroatoms. The number of hydrogen-bond donors (Lipinski definition) is 1. The zero-order valence-corrected chi connectivity index (χ0v) is 12.5. The minimum Gasteiger partial charge on any atom is -0.476 e. The summed E-state index contributed by atoms with van der Waals surface area (Å²) in [6, 6.07) is 7.56. The van der Waals surface area contributed by atoms with Crippen LogP contribution in [-0.4, -0.2) is 39.3 Å². The van der Waals surface area contributed by atoms with Gasteiger partial charge in [0.2, 0.25) is 0 Å². The SMILES string of the molecule is CN1CCc2c(c(C(=O)O)nn2Cc2cccc(Cl)c2)C1. The van der Waals surface area contributed by atoms with Crippen molar-refractivity contribution in [1.82, 2.24) is 14.7 Å². The van der Waals surface area contributed by atoms with Gasteiger partial charge in [0.05, 0.1) is 6.54 Å². The molecule has 0 saturated carbocycles. The Morgan fingerprint density at radius 2 is 2.29 bits per heavy atom. The van der Waals surface area contributed by atoms with Crippen molar-refractivity contribution in [3.05, 3.63) is 51.8 Å². The van der Waals surface area contributed by atoms with E-state index in [-0.39, 0.29) is 5.69 Å². The van der Waals surface area contributed by atoms with Gasteiger partial charge in [-0.15, -0.1) is 0 Å². The van der Waals surface area contributed by atoms with Crippen LogP contribution in [-0.2, 0) is 19.5 Å². The van der Waals surface area contributed by atoms with Gasteiger partial charge in [0.1, 0.15) is 0 Å². The first-order valence-electron chi connectivity index (χ1n) is 6.79. The Hall–Kier alpha value is -1.85. The van der Waals surface area contributed by atoms with Gasteiger partial charge in [-0.3, -0.25) is 4.68 Å². The fourth-order valence-electron chi connectivity index (χ4n) is 2.74. The molecule has 0 amide bonds. The molecule has 0 unspecified atom stereocenters. The first kappa shape index (κ1) is 14.1. The van der Waals surface area contributed by atoms with Crippen LogP contribution in [0.25, 0.3) is 0 Å². The predicted molar refractivity (Wildman–Crippen MR) is 79.8 cm³/mol. The van der Waals surface area contributed by atoms with Crippen molar-refractivity contribution in [2.45, 2.75) is 19.5 Å². The highest BCUT2D eigenvalue weighted by atomic mass is 35.5. The maximum atomic E-state index is 11.4. The smallest absolute Gasteiger partial charge is 0.356 e. The van der Waals surface area contributed by atoms with Crippen LogP contribution in [0, 0.1) is 0 Å². The van der Waals surface area contributed by atoms with Gasteiger partial charge < -0.3 is 10.0 Å². The number of carboxylic acids is 1. The molecule has 0 fully saturated rings. The molecule has 0 spiro atoms. The van der Waals surface area contributed by atoms with E-state index < -0.39 is 5.97 Å². The molecule has 0 radical (unpaired) electrons. The first-order chi connectivity index (χ1) is 10.0. The molecule has 0 atom stereocenters. The van der Waals surface area contributed by atoms with Crippen molar-refractivity contribution in [3.63, 3.8) is 0 Å². The number of carbonyl (C=O) groups is 1. The van der Waals surface area contributed by atoms with Crippen molar-refractivity contribution in [2.75, 3.05) is 13.6 Å². The standard InChI is InChI=1S/C15H16ClN3O2/c1-18-6-5-13-12(9-18)14(15(20)21)17-19(13)8-10-3-2-4-11(16)7-10/h2-4,7H,5-6,8-9H2,1H3,(H,20,21). The second-order valence-electron chi connectivity index (χ2n) is 5.35. The van der Waals surface area contributed by atoms with E-state index in [4.69, 9.17) is 11.6 Å². The van der Waals surface area contributed by atoms with E-state index in [0.717, 1.165) is 29.8 Å². The lowest BCUT2D eigenvalue weighted by molar-refractivity contribution is 0.0687. The first-order valence-corrected chi connectivity index (χ1v) is 7.17. The van der Waals surface area contributed by atoms with Gasteiger partial charge in [-0.1, -0.05) is 23.7 Å². The maximum absolute atomic E-state index is 11.4. The van der Waals surface area contributed by atoms with Crippen molar-refractivity contribution >= 4 is 17.6 Å². The number of rotatable bonds is 3. The maximum Gasteiger partial charge on any atom is 0.356 e. The number of aromatic nitrogens is 2. The van der Waals surface area contributed by atoms with Gasteiger partial charge in [-0.05, 0) is 24.7 Å². The second-order valence-corrected chi connectivity index (χ2v) is 5.79. The van der Waals surface area contributed by atoms with E-state index in [2.05, 4.69) is 10.00 Å². The third kappa shape index (κ3) is 2.80. The Labute approximate surface area is 127 Å². The van der Waals surface area contributed by atoms with Gasteiger partial charge in [-0.25, -0.2) is 4.79 Å². The van der Waals surface area contributed by atoms with Crippen molar-refractivity contribution in [2.24, 2.45) is 0 Å². The van der Waals surface area contributed by atoms with E-state index in [1.165, 1.54) is 0 Å². The number of halogens is 1. The Kier molecular flexibility index (Phi) is 3.69. The molecule has 1 N–H and O–H groups in total. The van der Waals surface area contributed by atoms with E-state index in [1.807, 2.05) is 31.3 Å². The summed E-state index contributed by atoms with van der Waals surface area (Å²) in [4.78, 5) is 13.5. The van der Waals surface area contributed by atoms with E-state index >= 15 is 0 Å². The molecule has 2 aromatic rings. The number of nitrogens with zero attached hydrogens (tertiary/aromatic N) is 3. The molecule has 3 rings (SSSR count). The molecule has 110 valence electrons. The van der Waals surface area contributed by atoms with Crippen LogP contribution in [0.5, 0.6) is 0 Å². The molecule has 0 saturated heterocycles. The molecule has 1 aromatic heterocycles. The highest BCUT2D eigenvalue weighted by Crippen LogP contribution is 2.23. The minimum atomic E-state index is -0.966. The average Bonchev–Trinajstić information content (AvgIpc) is 2.77. The summed E-state index contributed by atoms with van der Waals surface area (Å²) in [5.74, 6) is -0.966.